The van der Waals surface area contributed by atoms with E-state index >= 15 is 0 Å². The zero-order chi connectivity index (χ0) is 16.0. The van der Waals surface area contributed by atoms with Gasteiger partial charge in [-0.05, 0) is 30.5 Å². The molecule has 0 aromatic heterocycles. The van der Waals surface area contributed by atoms with Crippen LogP contribution in [0, 0.1) is 11.8 Å². The maximum absolute atomic E-state index is 11.9. The topological polar surface area (TPSA) is 41.1 Å². The van der Waals surface area contributed by atoms with Gasteiger partial charge in [0.15, 0.2) is 0 Å². The highest BCUT2D eigenvalue weighted by Gasteiger charge is 2.44. The van der Waals surface area contributed by atoms with Gasteiger partial charge in [-0.1, -0.05) is 60.4 Å². The highest BCUT2D eigenvalue weighted by molar-refractivity contribution is 5.74. The molecule has 3 nitrogen and oxygen atoms in total. The van der Waals surface area contributed by atoms with E-state index in [0.29, 0.717) is 13.1 Å². The molecule has 3 rings (SSSR count). The van der Waals surface area contributed by atoms with Crippen molar-refractivity contribution in [1.29, 1.82) is 0 Å². The molecule has 0 bridgehead atoms. The van der Waals surface area contributed by atoms with E-state index in [2.05, 4.69) is 46.7 Å². The average Bonchev–Trinajstić information content (AvgIpc) is 3.40. The van der Waals surface area contributed by atoms with Crippen molar-refractivity contribution in [2.75, 3.05) is 13.1 Å². The van der Waals surface area contributed by atoms with Crippen LogP contribution in [0.1, 0.15) is 24.0 Å². The van der Waals surface area contributed by atoms with Gasteiger partial charge in [-0.25, -0.2) is 4.79 Å². The molecule has 2 amide bonds. The molecule has 2 aromatic rings. The molecule has 0 aliphatic heterocycles. The van der Waals surface area contributed by atoms with Crippen molar-refractivity contribution in [1.82, 2.24) is 10.6 Å². The van der Waals surface area contributed by atoms with Crippen LogP contribution in [0.3, 0.4) is 0 Å². The van der Waals surface area contributed by atoms with Crippen LogP contribution < -0.4 is 10.6 Å². The maximum Gasteiger partial charge on any atom is 0.315 e. The van der Waals surface area contributed by atoms with Gasteiger partial charge in [0, 0.05) is 17.5 Å². The predicted molar refractivity (Wildman–Crippen MR) is 92.1 cm³/mol. The van der Waals surface area contributed by atoms with Gasteiger partial charge in [0.1, 0.15) is 0 Å². The number of carbonyl (C=O) groups excluding carboxylic acids is 1. The quantitative estimate of drug-likeness (QED) is 0.838. The largest absolute Gasteiger partial charge is 0.337 e. The smallest absolute Gasteiger partial charge is 0.315 e. The first kappa shape index (κ1) is 15.2. The molecule has 1 saturated carbocycles. The van der Waals surface area contributed by atoms with E-state index < -0.39 is 0 Å². The SMILES string of the molecule is O=C(NCC#Cc1ccccc1)NCC1(c2ccccc2)CC1. The molecule has 0 radical (unpaired) electrons. The number of hydrogen-bond donors (Lipinski definition) is 2. The lowest BCUT2D eigenvalue weighted by molar-refractivity contribution is 0.241. The number of hydrogen-bond acceptors (Lipinski definition) is 1. The highest BCUT2D eigenvalue weighted by Crippen LogP contribution is 2.47. The standard InChI is InChI=1S/C20H20N2O/c23-19(21-15-7-10-17-8-3-1-4-9-17)22-16-20(13-14-20)18-11-5-2-6-12-18/h1-6,8-9,11-12H,13-16H2,(H2,21,22,23). The number of amides is 2. The Morgan fingerprint density at radius 3 is 2.26 bits per heavy atom. The van der Waals surface area contributed by atoms with Gasteiger partial charge in [-0.15, -0.1) is 0 Å². The van der Waals surface area contributed by atoms with Crippen LogP contribution in [-0.4, -0.2) is 19.1 Å². The molecule has 2 N–H and O–H groups in total. The summed E-state index contributed by atoms with van der Waals surface area (Å²) in [6, 6.07) is 20.0. The van der Waals surface area contributed by atoms with Gasteiger partial charge in [0.25, 0.3) is 0 Å². The molecule has 1 fully saturated rings. The highest BCUT2D eigenvalue weighted by atomic mass is 16.2. The van der Waals surface area contributed by atoms with Crippen LogP contribution in [0.25, 0.3) is 0 Å². The van der Waals surface area contributed by atoms with Crippen LogP contribution in [0.15, 0.2) is 60.7 Å². The molecular formula is C20H20N2O. The Labute approximate surface area is 137 Å². The summed E-state index contributed by atoms with van der Waals surface area (Å²) >= 11 is 0. The van der Waals surface area contributed by atoms with Crippen LogP contribution in [0.5, 0.6) is 0 Å². The molecule has 23 heavy (non-hydrogen) atoms. The summed E-state index contributed by atoms with van der Waals surface area (Å²) in [6.45, 7) is 1.02. The molecule has 0 heterocycles. The summed E-state index contributed by atoms with van der Waals surface area (Å²) in [7, 11) is 0. The second-order valence-electron chi connectivity index (χ2n) is 5.85. The van der Waals surface area contributed by atoms with Gasteiger partial charge in [-0.2, -0.15) is 0 Å². The molecule has 0 unspecified atom stereocenters. The first-order valence-electron chi connectivity index (χ1n) is 7.90. The van der Waals surface area contributed by atoms with Crippen molar-refractivity contribution in [3.8, 4) is 11.8 Å². The summed E-state index contributed by atoms with van der Waals surface area (Å²) < 4.78 is 0. The monoisotopic (exact) mass is 304 g/mol. The lowest BCUT2D eigenvalue weighted by atomic mass is 9.96. The third kappa shape index (κ3) is 4.14. The number of urea groups is 1. The zero-order valence-corrected chi connectivity index (χ0v) is 13.0. The van der Waals surface area contributed by atoms with Crippen molar-refractivity contribution < 1.29 is 4.79 Å². The van der Waals surface area contributed by atoms with Gasteiger partial charge in [-0.3, -0.25) is 0 Å². The molecule has 0 spiro atoms. The molecular weight excluding hydrogens is 284 g/mol. The third-order valence-electron chi connectivity index (χ3n) is 4.17. The van der Waals surface area contributed by atoms with Gasteiger partial charge >= 0.3 is 6.03 Å². The molecule has 3 heteroatoms. The number of benzene rings is 2. The van der Waals surface area contributed by atoms with Crippen molar-refractivity contribution in [3.63, 3.8) is 0 Å². The Balaban J connectivity index is 1.43. The van der Waals surface area contributed by atoms with Crippen LogP contribution in [0.4, 0.5) is 4.79 Å². The lowest BCUT2D eigenvalue weighted by Crippen LogP contribution is -2.39. The van der Waals surface area contributed by atoms with Crippen molar-refractivity contribution in [2.45, 2.75) is 18.3 Å². The van der Waals surface area contributed by atoms with Crippen LogP contribution in [-0.2, 0) is 5.41 Å². The van der Waals surface area contributed by atoms with Crippen molar-refractivity contribution in [2.24, 2.45) is 0 Å². The number of nitrogens with one attached hydrogen (secondary N) is 2. The summed E-state index contributed by atoms with van der Waals surface area (Å²) in [6.07, 6.45) is 2.26. The fourth-order valence-corrected chi connectivity index (χ4v) is 2.61. The number of rotatable bonds is 4. The molecule has 1 aliphatic carbocycles. The Bertz CT molecular complexity index is 710. The van der Waals surface area contributed by atoms with E-state index in [-0.39, 0.29) is 11.4 Å². The van der Waals surface area contributed by atoms with Crippen molar-refractivity contribution >= 4 is 6.03 Å². The van der Waals surface area contributed by atoms with Gasteiger partial charge in [0.2, 0.25) is 0 Å². The zero-order valence-electron chi connectivity index (χ0n) is 13.0. The van der Waals surface area contributed by atoms with E-state index in [0.717, 1.165) is 18.4 Å². The summed E-state index contributed by atoms with van der Waals surface area (Å²) in [5.74, 6) is 5.97. The first-order chi connectivity index (χ1) is 11.3. The fourth-order valence-electron chi connectivity index (χ4n) is 2.61. The second kappa shape index (κ2) is 7.02. The van der Waals surface area contributed by atoms with E-state index in [1.165, 1.54) is 5.56 Å². The molecule has 1 aliphatic rings. The Kier molecular flexibility index (Phi) is 4.63. The normalized spacial score (nSPS) is 14.3. The Hall–Kier alpha value is -2.73. The van der Waals surface area contributed by atoms with Crippen molar-refractivity contribution in [3.05, 3.63) is 71.8 Å². The van der Waals surface area contributed by atoms with E-state index in [1.54, 1.807) is 0 Å². The van der Waals surface area contributed by atoms with Crippen LogP contribution >= 0.6 is 0 Å². The van der Waals surface area contributed by atoms with Crippen LogP contribution in [0.2, 0.25) is 0 Å². The third-order valence-corrected chi connectivity index (χ3v) is 4.17. The Morgan fingerprint density at radius 1 is 0.957 bits per heavy atom. The lowest BCUT2D eigenvalue weighted by Gasteiger charge is -2.16. The minimum atomic E-state index is -0.158. The number of carbonyl (C=O) groups is 1. The average molecular weight is 304 g/mol. The summed E-state index contributed by atoms with van der Waals surface area (Å²) in [5, 5.41) is 5.75. The summed E-state index contributed by atoms with van der Waals surface area (Å²) in [4.78, 5) is 11.9. The second-order valence-corrected chi connectivity index (χ2v) is 5.85. The van der Waals surface area contributed by atoms with Gasteiger partial charge in [0.05, 0.1) is 6.54 Å². The Morgan fingerprint density at radius 2 is 1.61 bits per heavy atom. The molecule has 116 valence electrons. The molecule has 0 atom stereocenters. The fraction of sp³-hybridized carbons (Fsp3) is 0.250. The predicted octanol–water partition coefficient (Wildman–Crippen LogP) is 3.07. The molecule has 2 aromatic carbocycles. The van der Waals surface area contributed by atoms with E-state index in [1.807, 2.05) is 36.4 Å². The first-order valence-corrected chi connectivity index (χ1v) is 7.90. The maximum atomic E-state index is 11.9. The minimum absolute atomic E-state index is 0.133. The van der Waals surface area contributed by atoms with Gasteiger partial charge < -0.3 is 10.6 Å². The van der Waals surface area contributed by atoms with E-state index in [9.17, 15) is 4.79 Å². The molecule has 0 saturated heterocycles. The minimum Gasteiger partial charge on any atom is -0.337 e. The summed E-state index contributed by atoms with van der Waals surface area (Å²) in [5.41, 5.74) is 2.40. The van der Waals surface area contributed by atoms with E-state index in [4.69, 9.17) is 0 Å².